The van der Waals surface area contributed by atoms with Crippen LogP contribution in [0.15, 0.2) is 34.1 Å². The second-order valence-corrected chi connectivity index (χ2v) is 8.56. The van der Waals surface area contributed by atoms with Gasteiger partial charge in [0, 0.05) is 6.26 Å². The molecule has 0 aliphatic carbocycles. The van der Waals surface area contributed by atoms with Crippen molar-refractivity contribution in [1.29, 1.82) is 0 Å². The molecule has 0 aromatic heterocycles. The van der Waals surface area contributed by atoms with E-state index in [0.717, 1.165) is 6.26 Å². The van der Waals surface area contributed by atoms with E-state index in [4.69, 9.17) is 5.73 Å². The predicted molar refractivity (Wildman–Crippen MR) is 69.9 cm³/mol. The molecule has 0 radical (unpaired) electrons. The van der Waals surface area contributed by atoms with Crippen LogP contribution in [0.2, 0.25) is 0 Å². The first-order valence-electron chi connectivity index (χ1n) is 5.43. The summed E-state index contributed by atoms with van der Waals surface area (Å²) >= 11 is 0. The number of hydrogen-bond donors (Lipinski definition) is 1. The molecule has 18 heavy (non-hydrogen) atoms. The van der Waals surface area contributed by atoms with Crippen LogP contribution in [-0.4, -0.2) is 34.9 Å². The van der Waals surface area contributed by atoms with E-state index in [2.05, 4.69) is 0 Å². The minimum atomic E-state index is -3.44. The van der Waals surface area contributed by atoms with E-state index in [1.165, 1.54) is 24.3 Å². The van der Waals surface area contributed by atoms with Crippen molar-refractivity contribution < 1.29 is 16.8 Å². The van der Waals surface area contributed by atoms with E-state index in [0.29, 0.717) is 13.0 Å². The van der Waals surface area contributed by atoms with Crippen molar-refractivity contribution in [3.8, 4) is 0 Å². The lowest BCUT2D eigenvalue weighted by Gasteiger charge is -2.12. The van der Waals surface area contributed by atoms with Gasteiger partial charge in [0.1, 0.15) is 0 Å². The quantitative estimate of drug-likeness (QED) is 0.857. The van der Waals surface area contributed by atoms with E-state index in [-0.39, 0.29) is 9.79 Å². The maximum atomic E-state index is 12.1. The molecule has 5 nitrogen and oxygen atoms in total. The van der Waals surface area contributed by atoms with Gasteiger partial charge in [-0.1, -0.05) is 0 Å². The lowest BCUT2D eigenvalue weighted by Crippen LogP contribution is -2.21. The molecular weight excluding hydrogens is 274 g/mol. The van der Waals surface area contributed by atoms with E-state index >= 15 is 0 Å². The van der Waals surface area contributed by atoms with Crippen LogP contribution in [0.5, 0.6) is 0 Å². The standard InChI is InChI=1S/C11H17NO4S2/c1-9(7-8-12)18(15,16)11-5-3-10(4-6-11)17(2,13)14/h3-6,9H,7-8,12H2,1-2H3. The average Bonchev–Trinajstić information content (AvgIpc) is 2.28. The van der Waals surface area contributed by atoms with Crippen LogP contribution in [0.25, 0.3) is 0 Å². The van der Waals surface area contributed by atoms with Crippen LogP contribution in [0, 0.1) is 0 Å². The molecular formula is C11H17NO4S2. The van der Waals surface area contributed by atoms with Gasteiger partial charge in [0.25, 0.3) is 0 Å². The fraction of sp³-hybridized carbons (Fsp3) is 0.455. The zero-order valence-electron chi connectivity index (χ0n) is 10.3. The molecule has 0 heterocycles. The summed E-state index contributed by atoms with van der Waals surface area (Å²) in [6, 6.07) is 5.24. The highest BCUT2D eigenvalue weighted by atomic mass is 32.2. The molecule has 1 atom stereocenters. The van der Waals surface area contributed by atoms with E-state index in [1.54, 1.807) is 6.92 Å². The Morgan fingerprint density at radius 3 is 1.89 bits per heavy atom. The summed E-state index contributed by atoms with van der Waals surface area (Å²) < 4.78 is 46.7. The average molecular weight is 291 g/mol. The molecule has 102 valence electrons. The molecule has 0 amide bonds. The Morgan fingerprint density at radius 1 is 1.06 bits per heavy atom. The van der Waals surface area contributed by atoms with Gasteiger partial charge in [-0.3, -0.25) is 0 Å². The second kappa shape index (κ2) is 5.38. The lowest BCUT2D eigenvalue weighted by molar-refractivity contribution is 0.577. The molecule has 0 saturated heterocycles. The van der Waals surface area contributed by atoms with Crippen LogP contribution in [0.4, 0.5) is 0 Å². The largest absolute Gasteiger partial charge is 0.330 e. The zero-order chi connectivity index (χ0) is 14.0. The third kappa shape index (κ3) is 3.30. The van der Waals surface area contributed by atoms with E-state index in [9.17, 15) is 16.8 Å². The van der Waals surface area contributed by atoms with Crippen molar-refractivity contribution in [2.24, 2.45) is 5.73 Å². The molecule has 1 aromatic rings. The molecule has 0 bridgehead atoms. The zero-order valence-corrected chi connectivity index (χ0v) is 12.0. The first kappa shape index (κ1) is 15.1. The third-order valence-corrected chi connectivity index (χ3v) is 6.04. The van der Waals surface area contributed by atoms with Gasteiger partial charge in [-0.25, -0.2) is 16.8 Å². The van der Waals surface area contributed by atoms with Gasteiger partial charge in [-0.2, -0.15) is 0 Å². The van der Waals surface area contributed by atoms with Crippen LogP contribution in [0.3, 0.4) is 0 Å². The van der Waals surface area contributed by atoms with Crippen LogP contribution in [0.1, 0.15) is 13.3 Å². The van der Waals surface area contributed by atoms with Crippen LogP contribution >= 0.6 is 0 Å². The molecule has 0 aliphatic heterocycles. The van der Waals surface area contributed by atoms with Crippen molar-refractivity contribution in [1.82, 2.24) is 0 Å². The highest BCUT2D eigenvalue weighted by Crippen LogP contribution is 2.20. The number of rotatable bonds is 5. The van der Waals surface area contributed by atoms with Gasteiger partial charge >= 0.3 is 0 Å². The second-order valence-electron chi connectivity index (χ2n) is 4.18. The van der Waals surface area contributed by atoms with Gasteiger partial charge in [0.2, 0.25) is 0 Å². The highest BCUT2D eigenvalue weighted by molar-refractivity contribution is 7.92. The Morgan fingerprint density at radius 2 is 1.50 bits per heavy atom. The number of benzene rings is 1. The van der Waals surface area contributed by atoms with Gasteiger partial charge < -0.3 is 5.73 Å². The Bertz CT molecular complexity index is 603. The third-order valence-electron chi connectivity index (χ3n) is 2.68. The molecule has 1 unspecified atom stereocenters. The van der Waals surface area contributed by atoms with Crippen molar-refractivity contribution in [2.45, 2.75) is 28.4 Å². The van der Waals surface area contributed by atoms with Crippen molar-refractivity contribution >= 4 is 19.7 Å². The highest BCUT2D eigenvalue weighted by Gasteiger charge is 2.22. The summed E-state index contributed by atoms with van der Waals surface area (Å²) in [5.41, 5.74) is 5.34. The van der Waals surface area contributed by atoms with Crippen LogP contribution < -0.4 is 5.73 Å². The van der Waals surface area contributed by atoms with Gasteiger partial charge in [-0.15, -0.1) is 0 Å². The summed E-state index contributed by atoms with van der Waals surface area (Å²) in [6.07, 6.45) is 1.45. The SMILES string of the molecule is CC(CCN)S(=O)(=O)c1ccc(S(C)(=O)=O)cc1. The lowest BCUT2D eigenvalue weighted by atomic mass is 10.3. The van der Waals surface area contributed by atoms with Crippen molar-refractivity contribution in [3.05, 3.63) is 24.3 Å². The monoisotopic (exact) mass is 291 g/mol. The number of hydrogen-bond acceptors (Lipinski definition) is 5. The molecule has 7 heteroatoms. The summed E-state index contributed by atoms with van der Waals surface area (Å²) in [5, 5.41) is -0.577. The number of sulfone groups is 2. The van der Waals surface area contributed by atoms with E-state index < -0.39 is 24.9 Å². The first-order valence-corrected chi connectivity index (χ1v) is 8.87. The maximum Gasteiger partial charge on any atom is 0.181 e. The summed E-state index contributed by atoms with van der Waals surface area (Å²) in [7, 11) is -6.75. The smallest absolute Gasteiger partial charge is 0.181 e. The van der Waals surface area contributed by atoms with Crippen molar-refractivity contribution in [3.63, 3.8) is 0 Å². The molecule has 1 aromatic carbocycles. The predicted octanol–water partition coefficient (Wildman–Crippen LogP) is 0.601. The summed E-state index contributed by atoms with van der Waals surface area (Å²) in [5.74, 6) is 0. The normalized spacial score (nSPS) is 14.4. The Balaban J connectivity index is 3.13. The van der Waals surface area contributed by atoms with E-state index in [1.807, 2.05) is 0 Å². The minimum Gasteiger partial charge on any atom is -0.330 e. The molecule has 1 rings (SSSR count). The topological polar surface area (TPSA) is 94.3 Å². The minimum absolute atomic E-state index is 0.105. The molecule has 0 spiro atoms. The Hall–Kier alpha value is -0.920. The first-order chi connectivity index (χ1) is 8.19. The van der Waals surface area contributed by atoms with Crippen LogP contribution in [-0.2, 0) is 19.7 Å². The maximum absolute atomic E-state index is 12.1. The van der Waals surface area contributed by atoms with Gasteiger partial charge in [-0.05, 0) is 44.2 Å². The molecule has 0 aliphatic rings. The molecule has 0 saturated carbocycles. The Kier molecular flexibility index (Phi) is 4.52. The molecule has 2 N–H and O–H groups in total. The Labute approximate surface area is 108 Å². The summed E-state index contributed by atoms with van der Waals surface area (Å²) in [4.78, 5) is 0.226. The summed E-state index contributed by atoms with van der Waals surface area (Å²) in [6.45, 7) is 1.88. The van der Waals surface area contributed by atoms with Gasteiger partial charge in [0.15, 0.2) is 19.7 Å². The van der Waals surface area contributed by atoms with Gasteiger partial charge in [0.05, 0.1) is 15.0 Å². The fourth-order valence-electron chi connectivity index (χ4n) is 1.50. The number of nitrogens with two attached hydrogens (primary N) is 1. The molecule has 0 fully saturated rings. The fourth-order valence-corrected chi connectivity index (χ4v) is 3.56. The van der Waals surface area contributed by atoms with Crippen molar-refractivity contribution in [2.75, 3.05) is 12.8 Å².